The van der Waals surface area contributed by atoms with E-state index in [4.69, 9.17) is 4.74 Å². The summed E-state index contributed by atoms with van der Waals surface area (Å²) in [4.78, 5) is 3.75. The van der Waals surface area contributed by atoms with Crippen LogP contribution in [0, 0.1) is 6.20 Å². The van der Waals surface area contributed by atoms with Gasteiger partial charge in [0, 0.05) is 13.2 Å². The summed E-state index contributed by atoms with van der Waals surface area (Å²) in [6.45, 7) is 0. The first-order valence-electron chi connectivity index (χ1n) is 2.28. The summed E-state index contributed by atoms with van der Waals surface area (Å²) in [5.41, 5.74) is 0. The van der Waals surface area contributed by atoms with Gasteiger partial charge in [0.2, 0.25) is 0 Å². The van der Waals surface area contributed by atoms with Crippen molar-refractivity contribution in [3.8, 4) is 6.01 Å². The quantitative estimate of drug-likeness (QED) is 0.518. The van der Waals surface area contributed by atoms with E-state index in [0.717, 1.165) is 0 Å². The van der Waals surface area contributed by atoms with Gasteiger partial charge in [-0.1, -0.05) is 0 Å². The lowest BCUT2D eigenvalue weighted by molar-refractivity contribution is 0.366. The zero-order chi connectivity index (χ0) is 5.98. The second-order valence-corrected chi connectivity index (χ2v) is 1.47. The minimum Gasteiger partial charge on any atom is -0.468 e. The lowest BCUT2D eigenvalue weighted by Crippen LogP contribution is -1.92. The summed E-state index contributed by atoms with van der Waals surface area (Å²) >= 11 is 0. The number of aryl methyl sites for hydroxylation is 1. The minimum atomic E-state index is 0.588. The van der Waals surface area contributed by atoms with Crippen LogP contribution in [-0.2, 0) is 7.05 Å². The summed E-state index contributed by atoms with van der Waals surface area (Å²) in [7, 11) is 3.43. The van der Waals surface area contributed by atoms with E-state index in [1.54, 1.807) is 17.9 Å². The predicted octanol–water partition coefficient (Wildman–Crippen LogP) is 0.229. The number of methoxy groups -OCH3 is 1. The van der Waals surface area contributed by atoms with Crippen LogP contribution in [0.2, 0.25) is 0 Å². The smallest absolute Gasteiger partial charge is 0.296 e. The van der Waals surface area contributed by atoms with Gasteiger partial charge in [0.25, 0.3) is 6.01 Å². The Bertz CT molecular complexity index is 171. The van der Waals surface area contributed by atoms with Gasteiger partial charge >= 0.3 is 0 Å². The molecule has 0 unspecified atom stereocenters. The molecule has 0 bridgehead atoms. The Hall–Kier alpha value is -0.990. The average molecular weight is 111 g/mol. The summed E-state index contributed by atoms with van der Waals surface area (Å²) < 4.78 is 6.56. The van der Waals surface area contributed by atoms with E-state index in [1.807, 2.05) is 7.05 Å². The normalized spacial score (nSPS) is 9.25. The molecule has 1 aromatic rings. The Kier molecular flexibility index (Phi) is 1.20. The second kappa shape index (κ2) is 1.86. The van der Waals surface area contributed by atoms with E-state index in [1.165, 1.54) is 0 Å². The van der Waals surface area contributed by atoms with Crippen LogP contribution < -0.4 is 4.74 Å². The molecule has 0 saturated heterocycles. The monoisotopic (exact) mass is 111 g/mol. The fourth-order valence-electron chi connectivity index (χ4n) is 0.494. The number of imidazole rings is 1. The topological polar surface area (TPSA) is 27.1 Å². The van der Waals surface area contributed by atoms with Gasteiger partial charge in [-0.25, -0.2) is 0 Å². The molecule has 0 saturated carbocycles. The molecule has 0 fully saturated rings. The van der Waals surface area contributed by atoms with Crippen LogP contribution in [-0.4, -0.2) is 16.7 Å². The largest absolute Gasteiger partial charge is 0.468 e. The molecule has 1 radical (unpaired) electrons. The number of aromatic nitrogens is 2. The van der Waals surface area contributed by atoms with Crippen molar-refractivity contribution in [2.45, 2.75) is 0 Å². The molecule has 0 aliphatic carbocycles. The van der Waals surface area contributed by atoms with Crippen LogP contribution in [0.15, 0.2) is 6.20 Å². The number of rotatable bonds is 1. The molecule has 0 atom stereocenters. The molecule has 43 valence electrons. The molecule has 0 aromatic carbocycles. The maximum Gasteiger partial charge on any atom is 0.296 e. The molecule has 8 heavy (non-hydrogen) atoms. The third kappa shape index (κ3) is 0.665. The molecule has 0 aliphatic heterocycles. The first-order chi connectivity index (χ1) is 3.84. The van der Waals surface area contributed by atoms with Crippen molar-refractivity contribution in [3.63, 3.8) is 0 Å². The van der Waals surface area contributed by atoms with Crippen molar-refractivity contribution < 1.29 is 4.74 Å². The van der Waals surface area contributed by atoms with Gasteiger partial charge in [-0.15, -0.1) is 0 Å². The second-order valence-electron chi connectivity index (χ2n) is 1.47. The predicted molar refractivity (Wildman–Crippen MR) is 28.6 cm³/mol. The highest BCUT2D eigenvalue weighted by atomic mass is 16.5. The van der Waals surface area contributed by atoms with E-state index >= 15 is 0 Å². The summed E-state index contributed by atoms with van der Waals surface area (Å²) in [5, 5.41) is 0. The van der Waals surface area contributed by atoms with Gasteiger partial charge in [0.05, 0.1) is 7.11 Å². The highest BCUT2D eigenvalue weighted by Crippen LogP contribution is 2.00. The standard InChI is InChI=1S/C5H7N2O/c1-7-4-3-6-5(7)8-2/h4H,1-2H3. The van der Waals surface area contributed by atoms with Crippen LogP contribution in [0.1, 0.15) is 0 Å². The Morgan fingerprint density at radius 3 is 2.88 bits per heavy atom. The summed E-state index contributed by atoms with van der Waals surface area (Å²) in [5.74, 6) is 0. The van der Waals surface area contributed by atoms with Gasteiger partial charge in [0.15, 0.2) is 0 Å². The van der Waals surface area contributed by atoms with Crippen molar-refractivity contribution in [1.29, 1.82) is 0 Å². The fraction of sp³-hybridized carbons (Fsp3) is 0.400. The number of nitrogens with zero attached hydrogens (tertiary/aromatic N) is 2. The van der Waals surface area contributed by atoms with Crippen LogP contribution >= 0.6 is 0 Å². The fourth-order valence-corrected chi connectivity index (χ4v) is 0.494. The third-order valence-corrected chi connectivity index (χ3v) is 0.896. The van der Waals surface area contributed by atoms with E-state index in [2.05, 4.69) is 11.2 Å². The van der Waals surface area contributed by atoms with Crippen LogP contribution in [0.3, 0.4) is 0 Å². The molecule has 3 nitrogen and oxygen atoms in total. The van der Waals surface area contributed by atoms with Crippen molar-refractivity contribution in [2.75, 3.05) is 7.11 Å². The van der Waals surface area contributed by atoms with E-state index in [-0.39, 0.29) is 0 Å². The first kappa shape index (κ1) is 5.15. The number of hydrogen-bond donors (Lipinski definition) is 0. The van der Waals surface area contributed by atoms with E-state index in [9.17, 15) is 0 Å². The molecular weight excluding hydrogens is 104 g/mol. The first-order valence-corrected chi connectivity index (χ1v) is 2.28. The Balaban J connectivity index is 2.92. The van der Waals surface area contributed by atoms with Gasteiger partial charge < -0.3 is 9.30 Å². The zero-order valence-electron chi connectivity index (χ0n) is 4.88. The van der Waals surface area contributed by atoms with Crippen LogP contribution in [0.5, 0.6) is 6.01 Å². The minimum absolute atomic E-state index is 0.588. The molecule has 0 spiro atoms. The summed E-state index contributed by atoms with van der Waals surface area (Å²) in [6, 6.07) is 0.588. The maximum atomic E-state index is 4.81. The van der Waals surface area contributed by atoms with E-state index < -0.39 is 0 Å². The van der Waals surface area contributed by atoms with Crippen molar-refractivity contribution in [3.05, 3.63) is 12.4 Å². The Morgan fingerprint density at radius 2 is 2.62 bits per heavy atom. The Morgan fingerprint density at radius 1 is 1.88 bits per heavy atom. The molecule has 0 amide bonds. The average Bonchev–Trinajstić information content (AvgIpc) is 2.14. The molecule has 0 aliphatic rings. The van der Waals surface area contributed by atoms with Crippen LogP contribution in [0.25, 0.3) is 0 Å². The molecule has 1 aromatic heterocycles. The third-order valence-electron chi connectivity index (χ3n) is 0.896. The molecule has 0 N–H and O–H groups in total. The van der Waals surface area contributed by atoms with Crippen molar-refractivity contribution >= 4 is 0 Å². The van der Waals surface area contributed by atoms with Gasteiger partial charge in [-0.2, -0.15) is 4.98 Å². The highest BCUT2D eigenvalue weighted by Gasteiger charge is 1.92. The van der Waals surface area contributed by atoms with Gasteiger partial charge in [0.1, 0.15) is 6.20 Å². The molecular formula is C5H7N2O. The maximum absolute atomic E-state index is 4.81. The van der Waals surface area contributed by atoms with Gasteiger partial charge in [-0.3, -0.25) is 0 Å². The van der Waals surface area contributed by atoms with Crippen molar-refractivity contribution in [1.82, 2.24) is 9.55 Å². The molecule has 1 heterocycles. The zero-order valence-corrected chi connectivity index (χ0v) is 4.88. The number of hydrogen-bond acceptors (Lipinski definition) is 2. The van der Waals surface area contributed by atoms with E-state index in [0.29, 0.717) is 6.01 Å². The molecule has 1 rings (SSSR count). The summed E-state index contributed by atoms with van der Waals surface area (Å²) in [6.07, 6.45) is 4.34. The van der Waals surface area contributed by atoms with Gasteiger partial charge in [-0.05, 0) is 0 Å². The molecule has 3 heteroatoms. The number of ether oxygens (including phenoxy) is 1. The lowest BCUT2D eigenvalue weighted by atomic mass is 10.9. The highest BCUT2D eigenvalue weighted by molar-refractivity contribution is 4.94. The lowest BCUT2D eigenvalue weighted by Gasteiger charge is -1.94. The SMILES string of the molecule is COc1n[c]cn1C. The Labute approximate surface area is 47.9 Å². The van der Waals surface area contributed by atoms with Crippen molar-refractivity contribution in [2.24, 2.45) is 7.05 Å². The van der Waals surface area contributed by atoms with Crippen LogP contribution in [0.4, 0.5) is 0 Å².